The Labute approximate surface area is 219 Å². The van der Waals surface area contributed by atoms with Crippen molar-refractivity contribution in [1.82, 2.24) is 21.3 Å². The number of hydrogen-bond donors (Lipinski definition) is 8. The molecule has 38 heavy (non-hydrogen) atoms. The van der Waals surface area contributed by atoms with E-state index in [-0.39, 0.29) is 31.3 Å². The zero-order valence-corrected chi connectivity index (χ0v) is 20.9. The number of carbonyl (C=O) groups excluding carboxylic acids is 3. The van der Waals surface area contributed by atoms with Gasteiger partial charge in [0, 0.05) is 13.0 Å². The quantitative estimate of drug-likeness (QED) is 0.0704. The Balaban J connectivity index is 2.21. The van der Waals surface area contributed by atoms with Crippen LogP contribution in [0.1, 0.15) is 37.7 Å². The normalized spacial score (nSPS) is 16.9. The van der Waals surface area contributed by atoms with Crippen molar-refractivity contribution in [2.45, 2.75) is 62.7 Å². The summed E-state index contributed by atoms with van der Waals surface area (Å²) in [5, 5.41) is 28.9. The molecule has 3 amide bonds. The summed E-state index contributed by atoms with van der Waals surface area (Å²) in [6.07, 6.45) is 1.11. The highest BCUT2D eigenvalue weighted by Gasteiger charge is 2.32. The molecule has 208 valence electrons. The van der Waals surface area contributed by atoms with Crippen molar-refractivity contribution in [2.75, 3.05) is 13.1 Å². The molecule has 1 aliphatic rings. The largest absolute Gasteiger partial charge is 0.481 e. The van der Waals surface area contributed by atoms with Gasteiger partial charge in [0.2, 0.25) is 17.7 Å². The number of carbonyl (C=O) groups is 5. The fraction of sp³-hybridized carbons (Fsp3) is 0.500. The van der Waals surface area contributed by atoms with Gasteiger partial charge in [0.15, 0.2) is 5.96 Å². The minimum Gasteiger partial charge on any atom is -0.481 e. The Hall–Kier alpha value is -4.20. The molecule has 1 saturated heterocycles. The first kappa shape index (κ1) is 30.0. The standard InChI is InChI=1S/C24H35N7O7/c25-24(26)28-11-5-9-16(29-20(34)15-8-4-10-27-15)21(35)30-17(12-14-6-2-1-3-7-14)22(36)31-18(23(37)38)13-19(32)33/h1-3,6-7,15-18,27H,4-5,8-13H2,(H,29,34)(H,30,35)(H,31,36)(H,32,33)(H,37,38)(H4,25,26,28). The van der Waals surface area contributed by atoms with E-state index in [4.69, 9.17) is 16.6 Å². The van der Waals surface area contributed by atoms with Gasteiger partial charge in [0.1, 0.15) is 18.1 Å². The third-order valence-electron chi connectivity index (χ3n) is 5.86. The summed E-state index contributed by atoms with van der Waals surface area (Å²) >= 11 is 0. The monoisotopic (exact) mass is 533 g/mol. The van der Waals surface area contributed by atoms with Gasteiger partial charge < -0.3 is 42.9 Å². The van der Waals surface area contributed by atoms with Gasteiger partial charge in [-0.25, -0.2) is 4.79 Å². The topological polar surface area (TPSA) is 238 Å². The third kappa shape index (κ3) is 10.4. The van der Waals surface area contributed by atoms with Gasteiger partial charge in [0.05, 0.1) is 12.5 Å². The van der Waals surface area contributed by atoms with Crippen LogP contribution in [0.25, 0.3) is 0 Å². The second-order valence-electron chi connectivity index (χ2n) is 8.91. The van der Waals surface area contributed by atoms with Gasteiger partial charge in [-0.15, -0.1) is 0 Å². The molecule has 0 spiro atoms. The number of carboxylic acids is 2. The van der Waals surface area contributed by atoms with Gasteiger partial charge in [-0.05, 0) is 37.8 Å². The summed E-state index contributed by atoms with van der Waals surface area (Å²) in [5.41, 5.74) is 11.4. The second kappa shape index (κ2) is 15.1. The first-order valence-electron chi connectivity index (χ1n) is 12.2. The number of aliphatic imine (C=N–C) groups is 1. The van der Waals surface area contributed by atoms with Gasteiger partial charge in [-0.2, -0.15) is 0 Å². The van der Waals surface area contributed by atoms with Crippen molar-refractivity contribution < 1.29 is 34.2 Å². The number of carboxylic acid groups (broad SMARTS) is 2. The van der Waals surface area contributed by atoms with Crippen LogP contribution in [0, 0.1) is 0 Å². The first-order chi connectivity index (χ1) is 18.1. The smallest absolute Gasteiger partial charge is 0.326 e. The number of rotatable bonds is 15. The van der Waals surface area contributed by atoms with Gasteiger partial charge >= 0.3 is 11.9 Å². The highest BCUT2D eigenvalue weighted by molar-refractivity contribution is 5.94. The molecule has 1 fully saturated rings. The SMILES string of the molecule is NC(N)=NCCCC(NC(=O)C1CCCN1)C(=O)NC(Cc1ccccc1)C(=O)NC(CC(=O)O)C(=O)O. The van der Waals surface area contributed by atoms with Crippen molar-refractivity contribution in [2.24, 2.45) is 16.5 Å². The van der Waals surface area contributed by atoms with E-state index in [0.29, 0.717) is 24.9 Å². The van der Waals surface area contributed by atoms with Gasteiger partial charge in [-0.1, -0.05) is 30.3 Å². The van der Waals surface area contributed by atoms with E-state index >= 15 is 0 Å². The van der Waals surface area contributed by atoms with E-state index in [1.54, 1.807) is 30.3 Å². The molecule has 14 nitrogen and oxygen atoms in total. The predicted octanol–water partition coefficient (Wildman–Crippen LogP) is -1.95. The summed E-state index contributed by atoms with van der Waals surface area (Å²) in [6.45, 7) is 0.896. The second-order valence-corrected chi connectivity index (χ2v) is 8.91. The maximum Gasteiger partial charge on any atom is 0.326 e. The van der Waals surface area contributed by atoms with Crippen LogP contribution < -0.4 is 32.7 Å². The maximum absolute atomic E-state index is 13.3. The Kier molecular flexibility index (Phi) is 12.0. The van der Waals surface area contributed by atoms with Crippen LogP contribution in [0.15, 0.2) is 35.3 Å². The Morgan fingerprint density at radius 3 is 2.21 bits per heavy atom. The van der Waals surface area contributed by atoms with Crippen molar-refractivity contribution in [3.63, 3.8) is 0 Å². The summed E-state index contributed by atoms with van der Waals surface area (Å²) in [5.74, 6) is -4.95. The van der Waals surface area contributed by atoms with E-state index < -0.39 is 54.3 Å². The molecule has 14 heteroatoms. The van der Waals surface area contributed by atoms with Crippen molar-refractivity contribution >= 4 is 35.6 Å². The minimum atomic E-state index is -1.70. The fourth-order valence-electron chi connectivity index (χ4n) is 3.93. The Morgan fingerprint density at radius 1 is 0.974 bits per heavy atom. The lowest BCUT2D eigenvalue weighted by Gasteiger charge is -2.25. The molecule has 1 heterocycles. The summed E-state index contributed by atoms with van der Waals surface area (Å²) in [6, 6.07) is 4.26. The van der Waals surface area contributed by atoms with Crippen LogP contribution >= 0.6 is 0 Å². The number of nitrogens with two attached hydrogens (primary N) is 2. The molecule has 1 aromatic rings. The lowest BCUT2D eigenvalue weighted by Crippen LogP contribution is -2.57. The lowest BCUT2D eigenvalue weighted by atomic mass is 10.0. The van der Waals surface area contributed by atoms with Crippen LogP contribution in [0.4, 0.5) is 0 Å². The third-order valence-corrected chi connectivity index (χ3v) is 5.86. The summed E-state index contributed by atoms with van der Waals surface area (Å²) in [4.78, 5) is 65.5. The molecular formula is C24H35N7O7. The number of aliphatic carboxylic acids is 2. The van der Waals surface area contributed by atoms with Crippen LogP contribution in [0.2, 0.25) is 0 Å². The van der Waals surface area contributed by atoms with E-state index in [9.17, 15) is 29.1 Å². The molecule has 1 aromatic carbocycles. The van der Waals surface area contributed by atoms with Gasteiger partial charge in [-0.3, -0.25) is 24.2 Å². The van der Waals surface area contributed by atoms with E-state index in [0.717, 1.165) is 6.42 Å². The number of nitrogens with one attached hydrogen (secondary N) is 4. The molecule has 0 radical (unpaired) electrons. The molecule has 10 N–H and O–H groups in total. The minimum absolute atomic E-state index is 0.00330. The highest BCUT2D eigenvalue weighted by atomic mass is 16.4. The molecule has 4 unspecified atom stereocenters. The zero-order chi connectivity index (χ0) is 28.1. The van der Waals surface area contributed by atoms with Crippen LogP contribution in [0.3, 0.4) is 0 Å². The average Bonchev–Trinajstić information content (AvgIpc) is 3.40. The number of benzene rings is 1. The first-order valence-corrected chi connectivity index (χ1v) is 12.2. The van der Waals surface area contributed by atoms with E-state index in [1.165, 1.54) is 0 Å². The average molecular weight is 534 g/mol. The summed E-state index contributed by atoms with van der Waals surface area (Å²) in [7, 11) is 0. The van der Waals surface area contributed by atoms with Crippen molar-refractivity contribution in [1.29, 1.82) is 0 Å². The molecule has 0 aromatic heterocycles. The summed E-state index contributed by atoms with van der Waals surface area (Å²) < 4.78 is 0. The predicted molar refractivity (Wildman–Crippen MR) is 137 cm³/mol. The van der Waals surface area contributed by atoms with Crippen molar-refractivity contribution in [3.8, 4) is 0 Å². The highest BCUT2D eigenvalue weighted by Crippen LogP contribution is 2.09. The number of nitrogens with zero attached hydrogens (tertiary/aromatic N) is 1. The Bertz CT molecular complexity index is 1010. The molecule has 0 bridgehead atoms. The molecule has 2 rings (SSSR count). The van der Waals surface area contributed by atoms with Crippen LogP contribution in [-0.2, 0) is 30.4 Å². The number of amides is 3. The van der Waals surface area contributed by atoms with E-state index in [2.05, 4.69) is 26.3 Å². The van der Waals surface area contributed by atoms with Crippen LogP contribution in [0.5, 0.6) is 0 Å². The molecule has 1 aliphatic heterocycles. The van der Waals surface area contributed by atoms with Gasteiger partial charge in [0.25, 0.3) is 0 Å². The fourth-order valence-corrected chi connectivity index (χ4v) is 3.93. The molecular weight excluding hydrogens is 498 g/mol. The van der Waals surface area contributed by atoms with Crippen LogP contribution in [-0.4, -0.2) is 83.1 Å². The number of hydrogen-bond acceptors (Lipinski definition) is 7. The molecule has 0 aliphatic carbocycles. The number of guanidine groups is 1. The molecule has 0 saturated carbocycles. The molecule has 4 atom stereocenters. The maximum atomic E-state index is 13.3. The van der Waals surface area contributed by atoms with Crippen molar-refractivity contribution in [3.05, 3.63) is 35.9 Å². The lowest BCUT2D eigenvalue weighted by molar-refractivity contribution is -0.147. The van der Waals surface area contributed by atoms with E-state index in [1.807, 2.05) is 0 Å². The zero-order valence-electron chi connectivity index (χ0n) is 20.9. The Morgan fingerprint density at radius 2 is 1.63 bits per heavy atom.